The number of furan rings is 1. The minimum Gasteiger partial charge on any atom is -0.472 e. The lowest BCUT2D eigenvalue weighted by Crippen LogP contribution is -2.57. The summed E-state index contributed by atoms with van der Waals surface area (Å²) in [6.07, 6.45) is 6.47. The quantitative estimate of drug-likeness (QED) is 0.879. The molecule has 1 aromatic heterocycles. The van der Waals surface area contributed by atoms with Gasteiger partial charge in [0.15, 0.2) is 0 Å². The second-order valence-electron chi connectivity index (χ2n) is 6.43. The molecule has 1 aromatic rings. The first-order chi connectivity index (χ1) is 10.9. The first-order valence-corrected chi connectivity index (χ1v) is 9.65. The molecule has 0 aromatic carbocycles. The van der Waals surface area contributed by atoms with Gasteiger partial charge in [-0.3, -0.25) is 4.79 Å². The Morgan fingerprint density at radius 1 is 1.35 bits per heavy atom. The summed E-state index contributed by atoms with van der Waals surface area (Å²) in [6.45, 7) is 2.26. The van der Waals surface area contributed by atoms with Crippen LogP contribution in [0.15, 0.2) is 23.0 Å². The zero-order chi connectivity index (χ0) is 16.5. The Balaban J connectivity index is 1.69. The number of nitrogens with one attached hydrogen (secondary N) is 1. The lowest BCUT2D eigenvalue weighted by molar-refractivity contribution is -0.0400. The Bertz CT molecular complexity index is 647. The number of carbonyl (C=O) groups excluding carboxylic acids is 1. The number of likely N-dealkylation sites (tertiary alicyclic amines) is 1. The average Bonchev–Trinajstić information content (AvgIpc) is 3.03. The fourth-order valence-corrected chi connectivity index (χ4v) is 4.40. The lowest BCUT2D eigenvalue weighted by Gasteiger charge is -2.48. The highest BCUT2D eigenvalue weighted by atomic mass is 32.2. The Morgan fingerprint density at radius 2 is 2.09 bits per heavy atom. The first kappa shape index (κ1) is 16.5. The van der Waals surface area contributed by atoms with E-state index in [1.807, 2.05) is 4.90 Å². The van der Waals surface area contributed by atoms with Gasteiger partial charge in [-0.05, 0) is 30.7 Å². The minimum absolute atomic E-state index is 0.0340. The summed E-state index contributed by atoms with van der Waals surface area (Å²) in [4.78, 5) is 14.2. The van der Waals surface area contributed by atoms with E-state index >= 15 is 0 Å². The number of sulfonamides is 1. The van der Waals surface area contributed by atoms with E-state index in [9.17, 15) is 13.2 Å². The molecule has 8 heteroatoms. The van der Waals surface area contributed by atoms with E-state index in [2.05, 4.69) is 4.72 Å². The summed E-state index contributed by atoms with van der Waals surface area (Å²) >= 11 is 0. The molecule has 0 bridgehead atoms. The molecule has 1 atom stereocenters. The molecule has 23 heavy (non-hydrogen) atoms. The van der Waals surface area contributed by atoms with Gasteiger partial charge >= 0.3 is 0 Å². The van der Waals surface area contributed by atoms with E-state index < -0.39 is 10.0 Å². The standard InChI is InChI=1S/C15H22N2O5S/c1-23(19,20)16-13-11-22-9-5-15(13)3-6-17(7-4-15)14(18)12-2-8-21-10-12/h2,8,10,13,16H,3-7,9,11H2,1H3. The van der Waals surface area contributed by atoms with Crippen molar-refractivity contribution in [3.8, 4) is 0 Å². The van der Waals surface area contributed by atoms with Crippen LogP contribution in [0.4, 0.5) is 0 Å². The number of nitrogens with zero attached hydrogens (tertiary/aromatic N) is 1. The Kier molecular flexibility index (Phi) is 4.48. The number of hydrogen-bond donors (Lipinski definition) is 1. The summed E-state index contributed by atoms with van der Waals surface area (Å²) in [5.74, 6) is -0.0340. The second-order valence-corrected chi connectivity index (χ2v) is 8.21. The zero-order valence-corrected chi connectivity index (χ0v) is 14.0. The van der Waals surface area contributed by atoms with Crippen LogP contribution >= 0.6 is 0 Å². The van der Waals surface area contributed by atoms with E-state index in [-0.39, 0.29) is 17.4 Å². The van der Waals surface area contributed by atoms with Crippen LogP contribution in [0.1, 0.15) is 29.6 Å². The third kappa shape index (κ3) is 3.59. The Morgan fingerprint density at radius 3 is 2.70 bits per heavy atom. The van der Waals surface area contributed by atoms with Crippen molar-refractivity contribution < 1.29 is 22.4 Å². The van der Waals surface area contributed by atoms with Crippen molar-refractivity contribution in [2.24, 2.45) is 5.41 Å². The van der Waals surface area contributed by atoms with Crippen LogP contribution in [-0.4, -0.2) is 57.8 Å². The van der Waals surface area contributed by atoms with Crippen LogP contribution in [0, 0.1) is 5.41 Å². The molecule has 1 N–H and O–H groups in total. The maximum Gasteiger partial charge on any atom is 0.257 e. The van der Waals surface area contributed by atoms with E-state index in [0.717, 1.165) is 19.3 Å². The Hall–Kier alpha value is -1.38. The van der Waals surface area contributed by atoms with Crippen LogP contribution in [0.25, 0.3) is 0 Å². The number of piperidine rings is 1. The van der Waals surface area contributed by atoms with Gasteiger partial charge in [-0.15, -0.1) is 0 Å². The second kappa shape index (κ2) is 6.26. The van der Waals surface area contributed by atoms with E-state index in [4.69, 9.17) is 9.15 Å². The predicted molar refractivity (Wildman–Crippen MR) is 83.5 cm³/mol. The lowest BCUT2D eigenvalue weighted by atomic mass is 9.69. The van der Waals surface area contributed by atoms with Crippen molar-refractivity contribution in [1.29, 1.82) is 0 Å². The molecular weight excluding hydrogens is 320 g/mol. The summed E-state index contributed by atoms with van der Waals surface area (Å²) in [5.41, 5.74) is 0.424. The highest BCUT2D eigenvalue weighted by Crippen LogP contribution is 2.41. The number of hydrogen-bond acceptors (Lipinski definition) is 5. The highest BCUT2D eigenvalue weighted by Gasteiger charge is 2.45. The summed E-state index contributed by atoms with van der Waals surface area (Å²) in [7, 11) is -3.29. The van der Waals surface area contributed by atoms with Gasteiger partial charge in [0.05, 0.1) is 30.7 Å². The van der Waals surface area contributed by atoms with Gasteiger partial charge in [0.1, 0.15) is 6.26 Å². The molecule has 128 valence electrons. The molecule has 2 saturated heterocycles. The minimum atomic E-state index is -3.29. The number of ether oxygens (including phenoxy) is 1. The van der Waals surface area contributed by atoms with Gasteiger partial charge in [0.25, 0.3) is 5.91 Å². The molecule has 3 rings (SSSR count). The SMILES string of the molecule is CS(=O)(=O)NC1COCCC12CCN(C(=O)c1ccoc1)CC2. The van der Waals surface area contributed by atoms with Crippen LogP contribution in [0.2, 0.25) is 0 Å². The first-order valence-electron chi connectivity index (χ1n) is 7.76. The summed E-state index contributed by atoms with van der Waals surface area (Å²) < 4.78 is 36.4. The summed E-state index contributed by atoms with van der Waals surface area (Å²) in [6, 6.07) is 1.44. The molecule has 2 aliphatic heterocycles. The highest BCUT2D eigenvalue weighted by molar-refractivity contribution is 7.88. The molecule has 0 saturated carbocycles. The van der Waals surface area contributed by atoms with Crippen molar-refractivity contribution in [1.82, 2.24) is 9.62 Å². The number of carbonyl (C=O) groups is 1. The van der Waals surface area contributed by atoms with E-state index in [1.165, 1.54) is 18.8 Å². The van der Waals surface area contributed by atoms with Crippen molar-refractivity contribution in [3.05, 3.63) is 24.2 Å². The number of rotatable bonds is 3. The van der Waals surface area contributed by atoms with Gasteiger partial charge in [-0.25, -0.2) is 13.1 Å². The molecule has 7 nitrogen and oxygen atoms in total. The fraction of sp³-hybridized carbons (Fsp3) is 0.667. The largest absolute Gasteiger partial charge is 0.472 e. The van der Waals surface area contributed by atoms with Crippen molar-refractivity contribution >= 4 is 15.9 Å². The topological polar surface area (TPSA) is 88.9 Å². The average molecular weight is 342 g/mol. The predicted octanol–water partition coefficient (Wildman–Crippen LogP) is 0.840. The van der Waals surface area contributed by atoms with E-state index in [0.29, 0.717) is 31.9 Å². The van der Waals surface area contributed by atoms with Gasteiger partial charge in [-0.2, -0.15) is 0 Å². The Labute approximate surface area is 136 Å². The number of amides is 1. The van der Waals surface area contributed by atoms with Crippen molar-refractivity contribution in [3.63, 3.8) is 0 Å². The smallest absolute Gasteiger partial charge is 0.257 e. The van der Waals surface area contributed by atoms with Gasteiger partial charge in [0, 0.05) is 19.7 Å². The maximum atomic E-state index is 12.4. The third-order valence-corrected chi connectivity index (χ3v) is 5.65. The normalized spacial score (nSPS) is 24.7. The fourth-order valence-electron chi connectivity index (χ4n) is 3.57. The maximum absolute atomic E-state index is 12.4. The van der Waals surface area contributed by atoms with Crippen molar-refractivity contribution in [2.45, 2.75) is 25.3 Å². The molecule has 1 amide bonds. The molecule has 0 radical (unpaired) electrons. The van der Waals surface area contributed by atoms with E-state index in [1.54, 1.807) is 6.07 Å². The molecular formula is C15H22N2O5S. The van der Waals surface area contributed by atoms with Crippen LogP contribution in [-0.2, 0) is 14.8 Å². The van der Waals surface area contributed by atoms with Crippen molar-refractivity contribution in [2.75, 3.05) is 32.6 Å². The van der Waals surface area contributed by atoms with Gasteiger partial charge in [0.2, 0.25) is 10.0 Å². The van der Waals surface area contributed by atoms with Gasteiger partial charge < -0.3 is 14.1 Å². The molecule has 1 unspecified atom stereocenters. The molecule has 3 heterocycles. The monoisotopic (exact) mass is 342 g/mol. The molecule has 0 aliphatic carbocycles. The molecule has 2 aliphatic rings. The van der Waals surface area contributed by atoms with Crippen LogP contribution in [0.5, 0.6) is 0 Å². The molecule has 2 fully saturated rings. The van der Waals surface area contributed by atoms with Crippen LogP contribution in [0.3, 0.4) is 0 Å². The van der Waals surface area contributed by atoms with Crippen LogP contribution < -0.4 is 4.72 Å². The van der Waals surface area contributed by atoms with Gasteiger partial charge in [-0.1, -0.05) is 0 Å². The third-order valence-electron chi connectivity index (χ3n) is 4.94. The summed E-state index contributed by atoms with van der Waals surface area (Å²) in [5, 5.41) is 0. The molecule has 1 spiro atoms. The zero-order valence-electron chi connectivity index (χ0n) is 13.2.